The van der Waals surface area contributed by atoms with Crippen molar-refractivity contribution in [2.45, 2.75) is 32.9 Å². The van der Waals surface area contributed by atoms with Crippen molar-refractivity contribution in [2.75, 3.05) is 6.54 Å². The fraction of sp³-hybridized carbons (Fsp3) is 0.429. The molecule has 20 heavy (non-hydrogen) atoms. The van der Waals surface area contributed by atoms with E-state index < -0.39 is 0 Å². The van der Waals surface area contributed by atoms with E-state index in [1.54, 1.807) is 0 Å². The van der Waals surface area contributed by atoms with E-state index in [9.17, 15) is 0 Å². The van der Waals surface area contributed by atoms with Gasteiger partial charge in [0, 0.05) is 17.2 Å². The molecule has 2 aromatic heterocycles. The van der Waals surface area contributed by atoms with Crippen molar-refractivity contribution in [1.82, 2.24) is 20.1 Å². The molecule has 0 saturated carbocycles. The summed E-state index contributed by atoms with van der Waals surface area (Å²) in [5.74, 6) is 0. The molecule has 0 aliphatic rings. The zero-order valence-corrected chi connectivity index (χ0v) is 14.8. The predicted molar refractivity (Wildman–Crippen MR) is 87.7 cm³/mol. The van der Waals surface area contributed by atoms with Crippen LogP contribution in [0, 0.1) is 0 Å². The maximum absolute atomic E-state index is 4.52. The molecule has 1 N–H and O–H groups in total. The first-order valence-electron chi connectivity index (χ1n) is 6.73. The van der Waals surface area contributed by atoms with E-state index in [4.69, 9.17) is 0 Å². The highest BCUT2D eigenvalue weighted by atomic mass is 79.9. The third-order valence-electron chi connectivity index (χ3n) is 3.00. The number of hydrogen-bond acceptors (Lipinski definition) is 3. The fourth-order valence-electron chi connectivity index (χ4n) is 2.15. The molecular weight excluding hydrogens is 384 g/mol. The molecule has 0 aromatic carbocycles. The molecule has 0 aliphatic carbocycles. The Bertz CT molecular complexity index is 551. The zero-order chi connectivity index (χ0) is 14.5. The SMILES string of the molecule is CCCn1ncc(Br)c1C(NCC)c1ccc(Br)cn1. The average molecular weight is 402 g/mol. The lowest BCUT2D eigenvalue weighted by atomic mass is 10.1. The largest absolute Gasteiger partial charge is 0.304 e. The molecule has 0 spiro atoms. The van der Waals surface area contributed by atoms with E-state index in [0.29, 0.717) is 0 Å². The van der Waals surface area contributed by atoms with Gasteiger partial charge in [0.25, 0.3) is 0 Å². The Morgan fingerprint density at radius 1 is 1.25 bits per heavy atom. The minimum absolute atomic E-state index is 0.0384. The van der Waals surface area contributed by atoms with Crippen molar-refractivity contribution in [2.24, 2.45) is 0 Å². The number of aromatic nitrogens is 3. The van der Waals surface area contributed by atoms with Crippen molar-refractivity contribution >= 4 is 31.9 Å². The first-order valence-corrected chi connectivity index (χ1v) is 8.32. The summed E-state index contributed by atoms with van der Waals surface area (Å²) in [5.41, 5.74) is 2.12. The lowest BCUT2D eigenvalue weighted by Crippen LogP contribution is -2.26. The monoisotopic (exact) mass is 400 g/mol. The van der Waals surface area contributed by atoms with Gasteiger partial charge in [-0.2, -0.15) is 5.10 Å². The Morgan fingerprint density at radius 2 is 2.05 bits per heavy atom. The van der Waals surface area contributed by atoms with Crippen LogP contribution in [0.5, 0.6) is 0 Å². The number of rotatable bonds is 6. The van der Waals surface area contributed by atoms with Crippen LogP contribution in [0.4, 0.5) is 0 Å². The molecule has 2 heterocycles. The number of aryl methyl sites for hydroxylation is 1. The zero-order valence-electron chi connectivity index (χ0n) is 11.6. The summed E-state index contributed by atoms with van der Waals surface area (Å²) in [6.45, 7) is 6.02. The van der Waals surface area contributed by atoms with E-state index in [1.165, 1.54) is 0 Å². The summed E-state index contributed by atoms with van der Waals surface area (Å²) in [6, 6.07) is 4.09. The first-order chi connectivity index (χ1) is 9.67. The smallest absolute Gasteiger partial charge is 0.0933 e. The molecule has 1 unspecified atom stereocenters. The third-order valence-corrected chi connectivity index (χ3v) is 4.08. The molecule has 1 atom stereocenters. The van der Waals surface area contributed by atoms with Gasteiger partial charge in [-0.05, 0) is 57.0 Å². The summed E-state index contributed by atoms with van der Waals surface area (Å²) in [6.07, 6.45) is 4.73. The molecule has 108 valence electrons. The summed E-state index contributed by atoms with van der Waals surface area (Å²) in [7, 11) is 0. The van der Waals surface area contributed by atoms with Crippen molar-refractivity contribution in [3.05, 3.63) is 44.9 Å². The Hall–Kier alpha value is -0.720. The maximum Gasteiger partial charge on any atom is 0.0933 e. The topological polar surface area (TPSA) is 42.7 Å². The Balaban J connectivity index is 2.42. The molecule has 2 aromatic rings. The molecule has 0 aliphatic heterocycles. The second-order valence-electron chi connectivity index (χ2n) is 4.49. The van der Waals surface area contributed by atoms with Crippen LogP contribution in [0.3, 0.4) is 0 Å². The predicted octanol–water partition coefficient (Wildman–Crippen LogP) is 3.91. The molecule has 0 radical (unpaired) electrons. The second-order valence-corrected chi connectivity index (χ2v) is 6.26. The van der Waals surface area contributed by atoms with Crippen molar-refractivity contribution < 1.29 is 0 Å². The van der Waals surface area contributed by atoms with Gasteiger partial charge in [0.15, 0.2) is 0 Å². The van der Waals surface area contributed by atoms with Crippen LogP contribution in [0.15, 0.2) is 33.5 Å². The molecule has 0 bridgehead atoms. The van der Waals surface area contributed by atoms with E-state index in [2.05, 4.69) is 61.1 Å². The van der Waals surface area contributed by atoms with Crippen LogP contribution >= 0.6 is 31.9 Å². The van der Waals surface area contributed by atoms with Gasteiger partial charge < -0.3 is 5.32 Å². The van der Waals surface area contributed by atoms with Gasteiger partial charge in [0.1, 0.15) is 0 Å². The molecule has 6 heteroatoms. The summed E-state index contributed by atoms with van der Waals surface area (Å²) in [4.78, 5) is 4.52. The van der Waals surface area contributed by atoms with Gasteiger partial charge in [-0.15, -0.1) is 0 Å². The molecule has 0 saturated heterocycles. The Labute approximate surface area is 136 Å². The van der Waals surface area contributed by atoms with Gasteiger partial charge in [0.2, 0.25) is 0 Å². The Kier molecular flexibility index (Phi) is 5.74. The molecule has 0 fully saturated rings. The Morgan fingerprint density at radius 3 is 2.65 bits per heavy atom. The first kappa shape index (κ1) is 15.7. The summed E-state index contributed by atoms with van der Waals surface area (Å²) >= 11 is 7.04. The summed E-state index contributed by atoms with van der Waals surface area (Å²) in [5, 5.41) is 7.94. The lowest BCUT2D eigenvalue weighted by molar-refractivity contribution is 0.513. The minimum atomic E-state index is 0.0384. The normalized spacial score (nSPS) is 12.6. The van der Waals surface area contributed by atoms with Gasteiger partial charge in [-0.3, -0.25) is 9.67 Å². The maximum atomic E-state index is 4.52. The van der Waals surface area contributed by atoms with Gasteiger partial charge in [-0.1, -0.05) is 13.8 Å². The van der Waals surface area contributed by atoms with Gasteiger partial charge in [-0.25, -0.2) is 0 Å². The van der Waals surface area contributed by atoms with E-state index in [0.717, 1.165) is 39.8 Å². The van der Waals surface area contributed by atoms with Gasteiger partial charge in [0.05, 0.1) is 28.1 Å². The number of nitrogens with one attached hydrogen (secondary N) is 1. The number of halogens is 2. The average Bonchev–Trinajstić information content (AvgIpc) is 2.79. The minimum Gasteiger partial charge on any atom is -0.304 e. The highest BCUT2D eigenvalue weighted by Crippen LogP contribution is 2.28. The second kappa shape index (κ2) is 7.33. The molecule has 4 nitrogen and oxygen atoms in total. The van der Waals surface area contributed by atoms with Crippen LogP contribution < -0.4 is 5.32 Å². The fourth-order valence-corrected chi connectivity index (χ4v) is 2.91. The molecule has 0 amide bonds. The van der Waals surface area contributed by atoms with Crippen molar-refractivity contribution in [1.29, 1.82) is 0 Å². The van der Waals surface area contributed by atoms with Crippen molar-refractivity contribution in [3.63, 3.8) is 0 Å². The van der Waals surface area contributed by atoms with Crippen LogP contribution in [-0.4, -0.2) is 21.3 Å². The van der Waals surface area contributed by atoms with E-state index in [-0.39, 0.29) is 6.04 Å². The number of pyridine rings is 1. The number of nitrogens with zero attached hydrogens (tertiary/aromatic N) is 3. The highest BCUT2D eigenvalue weighted by Gasteiger charge is 2.22. The highest BCUT2D eigenvalue weighted by molar-refractivity contribution is 9.10. The molecular formula is C14H18Br2N4. The van der Waals surface area contributed by atoms with Crippen LogP contribution in [0.25, 0.3) is 0 Å². The summed E-state index contributed by atoms with van der Waals surface area (Å²) < 4.78 is 4.04. The standard InChI is InChI=1S/C14H18Br2N4/c1-3-7-20-14(11(16)9-19-20)13(17-4-2)12-6-5-10(15)8-18-12/h5-6,8-9,13,17H,3-4,7H2,1-2H3. The van der Waals surface area contributed by atoms with Gasteiger partial charge >= 0.3 is 0 Å². The van der Waals surface area contributed by atoms with Crippen molar-refractivity contribution in [3.8, 4) is 0 Å². The third kappa shape index (κ3) is 3.48. The van der Waals surface area contributed by atoms with Crippen LogP contribution in [0.1, 0.15) is 37.7 Å². The lowest BCUT2D eigenvalue weighted by Gasteiger charge is -2.19. The molecule has 2 rings (SSSR count). The van der Waals surface area contributed by atoms with Crippen LogP contribution in [0.2, 0.25) is 0 Å². The quantitative estimate of drug-likeness (QED) is 0.797. The number of hydrogen-bond donors (Lipinski definition) is 1. The van der Waals surface area contributed by atoms with E-state index >= 15 is 0 Å². The van der Waals surface area contributed by atoms with Crippen LogP contribution in [-0.2, 0) is 6.54 Å². The van der Waals surface area contributed by atoms with E-state index in [1.807, 2.05) is 29.2 Å².